The van der Waals surface area contributed by atoms with Crippen LogP contribution in [0.3, 0.4) is 0 Å². The van der Waals surface area contributed by atoms with Crippen LogP contribution in [0.4, 0.5) is 11.4 Å². The number of rotatable bonds is 4. The number of anilines is 2. The van der Waals surface area contributed by atoms with E-state index in [0.717, 1.165) is 28.9 Å². The van der Waals surface area contributed by atoms with Crippen molar-refractivity contribution in [2.75, 3.05) is 5.32 Å². The van der Waals surface area contributed by atoms with Crippen molar-refractivity contribution in [2.24, 2.45) is 0 Å². The fraction of sp³-hybridized carbons (Fsp3) is 0.133. The van der Waals surface area contributed by atoms with Crippen molar-refractivity contribution in [2.45, 2.75) is 18.7 Å². The van der Waals surface area contributed by atoms with E-state index in [4.69, 9.17) is 4.55 Å². The van der Waals surface area contributed by atoms with Gasteiger partial charge in [-0.1, -0.05) is 12.1 Å². The summed E-state index contributed by atoms with van der Waals surface area (Å²) in [4.78, 5) is 10.9. The molecule has 116 valence electrons. The molecule has 0 unspecified atom stereocenters. The number of aromatic carboxylic acids is 1. The Morgan fingerprint density at radius 2 is 1.77 bits per heavy atom. The number of carboxylic acids is 1. The second-order valence-electron chi connectivity index (χ2n) is 4.86. The van der Waals surface area contributed by atoms with E-state index in [1.165, 1.54) is 6.07 Å². The van der Waals surface area contributed by atoms with Crippen LogP contribution >= 0.6 is 0 Å². The highest BCUT2D eigenvalue weighted by molar-refractivity contribution is 7.85. The Morgan fingerprint density at radius 3 is 2.36 bits per heavy atom. The zero-order chi connectivity index (χ0) is 16.5. The Bertz CT molecular complexity index is 843. The van der Waals surface area contributed by atoms with E-state index in [0.29, 0.717) is 0 Å². The molecule has 0 aliphatic heterocycles. The predicted molar refractivity (Wildman–Crippen MR) is 82.4 cm³/mol. The van der Waals surface area contributed by atoms with Gasteiger partial charge in [-0.25, -0.2) is 4.79 Å². The number of hydrogen-bond donors (Lipinski definition) is 3. The average Bonchev–Trinajstić information content (AvgIpc) is 2.43. The second kappa shape index (κ2) is 5.78. The van der Waals surface area contributed by atoms with Crippen molar-refractivity contribution in [3.05, 3.63) is 53.1 Å². The van der Waals surface area contributed by atoms with E-state index in [1.807, 2.05) is 26.0 Å². The van der Waals surface area contributed by atoms with Gasteiger partial charge in [-0.05, 0) is 49.2 Å². The summed E-state index contributed by atoms with van der Waals surface area (Å²) in [6, 6.07) is 8.94. The summed E-state index contributed by atoms with van der Waals surface area (Å²) < 4.78 is 31.3. The molecule has 0 bridgehead atoms. The van der Waals surface area contributed by atoms with E-state index < -0.39 is 21.0 Å². The lowest BCUT2D eigenvalue weighted by Gasteiger charge is -2.14. The largest absolute Gasteiger partial charge is 0.478 e. The molecule has 0 amide bonds. The minimum Gasteiger partial charge on any atom is -0.478 e. The summed E-state index contributed by atoms with van der Waals surface area (Å²) in [5.41, 5.74) is 2.72. The van der Waals surface area contributed by atoms with Crippen LogP contribution in [0, 0.1) is 13.8 Å². The number of carboxylic acid groups (broad SMARTS) is 1. The Morgan fingerprint density at radius 1 is 1.09 bits per heavy atom. The fourth-order valence-electron chi connectivity index (χ4n) is 2.00. The number of benzene rings is 2. The summed E-state index contributed by atoms with van der Waals surface area (Å²) in [6.07, 6.45) is 0. The SMILES string of the molecule is Cc1cccc(Nc2ccc(S(=O)(=O)O)cc2C(=O)O)c1C. The molecular formula is C15H15NO5S. The van der Waals surface area contributed by atoms with Gasteiger partial charge in [0.15, 0.2) is 0 Å². The summed E-state index contributed by atoms with van der Waals surface area (Å²) in [5.74, 6) is -1.29. The third kappa shape index (κ3) is 3.26. The molecule has 2 rings (SSSR count). The standard InChI is InChI=1S/C15H15NO5S/c1-9-4-3-5-13(10(9)2)16-14-7-6-11(22(19,20)21)8-12(14)15(17)18/h3-8,16H,1-2H3,(H,17,18)(H,19,20,21). The van der Waals surface area contributed by atoms with E-state index in [2.05, 4.69) is 5.32 Å². The molecule has 0 aromatic heterocycles. The van der Waals surface area contributed by atoms with Crippen LogP contribution in [0.25, 0.3) is 0 Å². The van der Waals surface area contributed by atoms with Crippen molar-refractivity contribution in [3.8, 4) is 0 Å². The quantitative estimate of drug-likeness (QED) is 0.748. The van der Waals surface area contributed by atoms with Crippen LogP contribution in [-0.2, 0) is 10.1 Å². The lowest BCUT2D eigenvalue weighted by atomic mass is 10.1. The molecule has 0 atom stereocenters. The summed E-state index contributed by atoms with van der Waals surface area (Å²) >= 11 is 0. The Kier molecular flexibility index (Phi) is 4.20. The van der Waals surface area contributed by atoms with Crippen LogP contribution in [0.5, 0.6) is 0 Å². The van der Waals surface area contributed by atoms with E-state index in [1.54, 1.807) is 6.07 Å². The van der Waals surface area contributed by atoms with Crippen LogP contribution in [0.1, 0.15) is 21.5 Å². The Hall–Kier alpha value is -2.38. The molecule has 2 aromatic carbocycles. The lowest BCUT2D eigenvalue weighted by Crippen LogP contribution is -2.07. The first-order chi connectivity index (χ1) is 10.2. The van der Waals surface area contributed by atoms with Crippen LogP contribution in [-0.4, -0.2) is 24.0 Å². The smallest absolute Gasteiger partial charge is 0.337 e. The number of carbonyl (C=O) groups is 1. The van der Waals surface area contributed by atoms with Crippen molar-refractivity contribution in [1.29, 1.82) is 0 Å². The molecule has 0 heterocycles. The van der Waals surface area contributed by atoms with Crippen molar-refractivity contribution in [1.82, 2.24) is 0 Å². The Labute approximate surface area is 128 Å². The zero-order valence-corrected chi connectivity index (χ0v) is 12.8. The molecule has 6 nitrogen and oxygen atoms in total. The van der Waals surface area contributed by atoms with Crippen molar-refractivity contribution >= 4 is 27.5 Å². The highest BCUT2D eigenvalue weighted by atomic mass is 32.2. The lowest BCUT2D eigenvalue weighted by molar-refractivity contribution is 0.0697. The molecule has 22 heavy (non-hydrogen) atoms. The minimum absolute atomic E-state index is 0.240. The highest BCUT2D eigenvalue weighted by Gasteiger charge is 2.17. The number of aryl methyl sites for hydroxylation is 1. The van der Waals surface area contributed by atoms with Gasteiger partial charge >= 0.3 is 5.97 Å². The minimum atomic E-state index is -4.45. The third-order valence-electron chi connectivity index (χ3n) is 3.39. The second-order valence-corrected chi connectivity index (χ2v) is 6.28. The first-order valence-corrected chi connectivity index (χ1v) is 7.82. The van der Waals surface area contributed by atoms with E-state index in [-0.39, 0.29) is 11.3 Å². The maximum absolute atomic E-state index is 11.3. The number of nitrogens with one attached hydrogen (secondary N) is 1. The van der Waals surface area contributed by atoms with Crippen LogP contribution in [0.15, 0.2) is 41.3 Å². The maximum atomic E-state index is 11.3. The fourth-order valence-corrected chi connectivity index (χ4v) is 2.51. The monoisotopic (exact) mass is 321 g/mol. The predicted octanol–water partition coefficient (Wildman–Crippen LogP) is 2.99. The molecule has 3 N–H and O–H groups in total. The molecule has 0 fully saturated rings. The molecule has 0 radical (unpaired) electrons. The van der Waals surface area contributed by atoms with Gasteiger partial charge in [0.25, 0.3) is 10.1 Å². The van der Waals surface area contributed by atoms with Gasteiger partial charge in [0, 0.05) is 5.69 Å². The van der Waals surface area contributed by atoms with Gasteiger partial charge in [-0.3, -0.25) is 4.55 Å². The van der Waals surface area contributed by atoms with Crippen LogP contribution in [0.2, 0.25) is 0 Å². The third-order valence-corrected chi connectivity index (χ3v) is 4.24. The zero-order valence-electron chi connectivity index (χ0n) is 12.0. The van der Waals surface area contributed by atoms with Gasteiger partial charge in [0.2, 0.25) is 0 Å². The van der Waals surface area contributed by atoms with Crippen LogP contribution < -0.4 is 5.32 Å². The Balaban J connectivity index is 2.52. The summed E-state index contributed by atoms with van der Waals surface area (Å²) in [5, 5.41) is 12.2. The summed E-state index contributed by atoms with van der Waals surface area (Å²) in [6.45, 7) is 3.82. The molecule has 0 aliphatic carbocycles. The molecule has 2 aromatic rings. The van der Waals surface area contributed by atoms with Gasteiger partial charge in [0.05, 0.1) is 16.1 Å². The van der Waals surface area contributed by atoms with Crippen molar-refractivity contribution in [3.63, 3.8) is 0 Å². The maximum Gasteiger partial charge on any atom is 0.337 e. The normalized spacial score (nSPS) is 11.2. The van der Waals surface area contributed by atoms with Crippen molar-refractivity contribution < 1.29 is 22.9 Å². The van der Waals surface area contributed by atoms with Gasteiger partial charge in [0.1, 0.15) is 0 Å². The van der Waals surface area contributed by atoms with E-state index >= 15 is 0 Å². The number of hydrogen-bond acceptors (Lipinski definition) is 4. The van der Waals surface area contributed by atoms with E-state index in [9.17, 15) is 18.3 Å². The first-order valence-electron chi connectivity index (χ1n) is 6.38. The molecule has 0 saturated heterocycles. The molecule has 7 heteroatoms. The topological polar surface area (TPSA) is 104 Å². The molecular weight excluding hydrogens is 306 g/mol. The van der Waals surface area contributed by atoms with Gasteiger partial charge < -0.3 is 10.4 Å². The first kappa shape index (κ1) is 16.0. The highest BCUT2D eigenvalue weighted by Crippen LogP contribution is 2.27. The molecule has 0 saturated carbocycles. The average molecular weight is 321 g/mol. The molecule has 0 aliphatic rings. The van der Waals surface area contributed by atoms with Gasteiger partial charge in [-0.2, -0.15) is 8.42 Å². The molecule has 0 spiro atoms. The van der Waals surface area contributed by atoms with Gasteiger partial charge in [-0.15, -0.1) is 0 Å². The summed E-state index contributed by atoms with van der Waals surface area (Å²) in [7, 11) is -4.45.